The van der Waals surface area contributed by atoms with Gasteiger partial charge in [-0.1, -0.05) is 0 Å². The number of anilines is 1. The molecular weight excluding hydrogens is 274 g/mol. The van der Waals surface area contributed by atoms with Crippen molar-refractivity contribution in [3.05, 3.63) is 45.9 Å². The minimum atomic E-state index is -0.926. The van der Waals surface area contributed by atoms with E-state index >= 15 is 0 Å². The molecule has 1 heterocycles. The Bertz CT molecular complexity index is 565. The Balaban J connectivity index is 2.11. The van der Waals surface area contributed by atoms with Gasteiger partial charge in [0.1, 0.15) is 5.69 Å². The van der Waals surface area contributed by atoms with Gasteiger partial charge in [-0.05, 0) is 12.1 Å². The van der Waals surface area contributed by atoms with Gasteiger partial charge in [0.15, 0.2) is 11.6 Å². The molecule has 0 bridgehead atoms. The number of carbonyl (C=O) groups excluding carboxylic acids is 1. The van der Waals surface area contributed by atoms with Gasteiger partial charge in [-0.15, -0.1) is 11.3 Å². The summed E-state index contributed by atoms with van der Waals surface area (Å²) in [4.78, 5) is 16.4. The quantitative estimate of drug-likeness (QED) is 0.589. The molecule has 0 unspecified atom stereocenters. The van der Waals surface area contributed by atoms with Crippen molar-refractivity contribution < 1.29 is 13.6 Å². The number of thiazole rings is 1. The minimum Gasteiger partial charge on any atom is -0.347 e. The van der Waals surface area contributed by atoms with E-state index in [0.29, 0.717) is 0 Å². The number of hydrazine groups is 1. The highest BCUT2D eigenvalue weighted by molar-refractivity contribution is 7.09. The number of hydrogen-bond acceptors (Lipinski definition) is 5. The zero-order chi connectivity index (χ0) is 13.8. The first-order valence-electron chi connectivity index (χ1n) is 5.23. The molecule has 0 spiro atoms. The van der Waals surface area contributed by atoms with Crippen LogP contribution in [0.2, 0.25) is 0 Å². The standard InChI is InChI=1S/C11H10F2N4OS/c12-8-1-6(2-9(13)10(8)17-14)11(18)16-4-7-3-15-5-19-7/h1-3,5,17H,4,14H2,(H,16,18). The molecule has 19 heavy (non-hydrogen) atoms. The van der Waals surface area contributed by atoms with Crippen LogP contribution in [0.4, 0.5) is 14.5 Å². The summed E-state index contributed by atoms with van der Waals surface area (Å²) < 4.78 is 26.8. The van der Waals surface area contributed by atoms with Gasteiger partial charge in [-0.25, -0.2) is 8.78 Å². The second kappa shape index (κ2) is 5.72. The van der Waals surface area contributed by atoms with Gasteiger partial charge in [0.05, 0.1) is 12.1 Å². The summed E-state index contributed by atoms with van der Waals surface area (Å²) in [5.74, 6) is 2.54. The maximum atomic E-state index is 13.4. The predicted octanol–water partition coefficient (Wildman–Crippen LogP) is 1.64. The van der Waals surface area contributed by atoms with Crippen molar-refractivity contribution in [3.63, 3.8) is 0 Å². The predicted molar refractivity (Wildman–Crippen MR) is 67.5 cm³/mol. The number of halogens is 2. The third kappa shape index (κ3) is 3.04. The fraction of sp³-hybridized carbons (Fsp3) is 0.0909. The van der Waals surface area contributed by atoms with Gasteiger partial charge in [-0.2, -0.15) is 0 Å². The van der Waals surface area contributed by atoms with Crippen LogP contribution in [0.3, 0.4) is 0 Å². The van der Waals surface area contributed by atoms with Gasteiger partial charge in [0, 0.05) is 16.6 Å². The molecule has 2 aromatic rings. The summed E-state index contributed by atoms with van der Waals surface area (Å²) in [6.07, 6.45) is 1.60. The number of aromatic nitrogens is 1. The van der Waals surface area contributed by atoms with E-state index in [2.05, 4.69) is 10.3 Å². The van der Waals surface area contributed by atoms with Crippen molar-refractivity contribution in [1.29, 1.82) is 0 Å². The average molecular weight is 284 g/mol. The van der Waals surface area contributed by atoms with Crippen molar-refractivity contribution in [2.24, 2.45) is 5.84 Å². The minimum absolute atomic E-state index is 0.112. The van der Waals surface area contributed by atoms with Crippen LogP contribution in [0.5, 0.6) is 0 Å². The number of hydrogen-bond donors (Lipinski definition) is 3. The van der Waals surface area contributed by atoms with Gasteiger partial charge in [0.25, 0.3) is 5.91 Å². The lowest BCUT2D eigenvalue weighted by Crippen LogP contribution is -2.23. The molecule has 0 aliphatic carbocycles. The molecule has 0 radical (unpaired) electrons. The summed E-state index contributed by atoms with van der Waals surface area (Å²) in [5, 5.41) is 2.54. The number of rotatable bonds is 4. The van der Waals surface area contributed by atoms with Gasteiger partial charge < -0.3 is 10.7 Å². The van der Waals surface area contributed by atoms with Gasteiger partial charge in [0.2, 0.25) is 0 Å². The zero-order valence-corrected chi connectivity index (χ0v) is 10.4. The molecule has 0 aliphatic rings. The van der Waals surface area contributed by atoms with E-state index in [9.17, 15) is 13.6 Å². The average Bonchev–Trinajstić information content (AvgIpc) is 2.88. The van der Waals surface area contributed by atoms with Gasteiger partial charge in [-0.3, -0.25) is 15.6 Å². The lowest BCUT2D eigenvalue weighted by Gasteiger charge is -2.07. The first-order valence-corrected chi connectivity index (χ1v) is 6.11. The van der Waals surface area contributed by atoms with E-state index in [4.69, 9.17) is 5.84 Å². The van der Waals surface area contributed by atoms with Crippen LogP contribution in [0.15, 0.2) is 23.8 Å². The third-order valence-electron chi connectivity index (χ3n) is 2.36. The Labute approximate surface area is 111 Å². The summed E-state index contributed by atoms with van der Waals surface area (Å²) in [7, 11) is 0. The Hall–Kier alpha value is -2.06. The first-order chi connectivity index (χ1) is 9.11. The molecule has 8 heteroatoms. The van der Waals surface area contributed by atoms with Crippen molar-refractivity contribution in [2.75, 3.05) is 5.43 Å². The molecule has 0 saturated heterocycles. The summed E-state index contributed by atoms with van der Waals surface area (Å²) >= 11 is 1.37. The molecule has 0 atom stereocenters. The Morgan fingerprint density at radius 2 is 2.05 bits per heavy atom. The monoisotopic (exact) mass is 284 g/mol. The number of nitrogens with two attached hydrogens (primary N) is 1. The Morgan fingerprint density at radius 1 is 1.37 bits per heavy atom. The zero-order valence-electron chi connectivity index (χ0n) is 9.61. The topological polar surface area (TPSA) is 80.0 Å². The van der Waals surface area contributed by atoms with E-state index in [1.807, 2.05) is 5.43 Å². The molecule has 0 fully saturated rings. The van der Waals surface area contributed by atoms with Crippen LogP contribution in [0.25, 0.3) is 0 Å². The summed E-state index contributed by atoms with van der Waals surface area (Å²) in [5.41, 5.74) is 2.94. The fourth-order valence-electron chi connectivity index (χ4n) is 1.44. The van der Waals surface area contributed by atoms with E-state index < -0.39 is 23.2 Å². The van der Waals surface area contributed by atoms with Gasteiger partial charge >= 0.3 is 0 Å². The molecule has 100 valence electrons. The second-order valence-electron chi connectivity index (χ2n) is 3.61. The van der Waals surface area contributed by atoms with Crippen LogP contribution in [0, 0.1) is 11.6 Å². The molecule has 0 aliphatic heterocycles. The Morgan fingerprint density at radius 3 is 2.58 bits per heavy atom. The molecule has 5 nitrogen and oxygen atoms in total. The summed E-state index contributed by atoms with van der Waals surface area (Å²) in [6, 6.07) is 1.83. The molecular formula is C11H10F2N4OS. The smallest absolute Gasteiger partial charge is 0.251 e. The molecule has 2 rings (SSSR count). The van der Waals surface area contributed by atoms with E-state index in [0.717, 1.165) is 17.0 Å². The number of nitrogen functional groups attached to an aromatic ring is 1. The molecule has 1 aromatic heterocycles. The molecule has 4 N–H and O–H groups in total. The molecule has 1 aromatic carbocycles. The molecule has 1 amide bonds. The van der Waals surface area contributed by atoms with Crippen LogP contribution < -0.4 is 16.6 Å². The van der Waals surface area contributed by atoms with Crippen molar-refractivity contribution >= 4 is 22.9 Å². The van der Waals surface area contributed by atoms with Crippen LogP contribution in [0.1, 0.15) is 15.2 Å². The lowest BCUT2D eigenvalue weighted by molar-refractivity contribution is 0.0950. The highest BCUT2D eigenvalue weighted by atomic mass is 32.1. The highest BCUT2D eigenvalue weighted by Gasteiger charge is 2.14. The SMILES string of the molecule is NNc1c(F)cc(C(=O)NCc2cncs2)cc1F. The number of benzene rings is 1. The fourth-order valence-corrected chi connectivity index (χ4v) is 1.98. The first kappa shape index (κ1) is 13.4. The van der Waals surface area contributed by atoms with Crippen molar-refractivity contribution in [3.8, 4) is 0 Å². The van der Waals surface area contributed by atoms with Crippen molar-refractivity contribution in [1.82, 2.24) is 10.3 Å². The van der Waals surface area contributed by atoms with E-state index in [-0.39, 0.29) is 12.1 Å². The number of carbonyl (C=O) groups is 1. The highest BCUT2D eigenvalue weighted by Crippen LogP contribution is 2.19. The normalized spacial score (nSPS) is 10.3. The Kier molecular flexibility index (Phi) is 4.03. The third-order valence-corrected chi connectivity index (χ3v) is 3.13. The van der Waals surface area contributed by atoms with Crippen LogP contribution >= 0.6 is 11.3 Å². The number of nitrogens with one attached hydrogen (secondary N) is 2. The largest absolute Gasteiger partial charge is 0.347 e. The van der Waals surface area contributed by atoms with E-state index in [1.165, 1.54) is 11.3 Å². The second-order valence-corrected chi connectivity index (χ2v) is 4.58. The maximum Gasteiger partial charge on any atom is 0.251 e. The van der Waals surface area contributed by atoms with E-state index in [1.54, 1.807) is 11.7 Å². The van der Waals surface area contributed by atoms with Crippen LogP contribution in [-0.4, -0.2) is 10.9 Å². The van der Waals surface area contributed by atoms with Crippen molar-refractivity contribution in [2.45, 2.75) is 6.54 Å². The van der Waals surface area contributed by atoms with Crippen LogP contribution in [-0.2, 0) is 6.54 Å². The lowest BCUT2D eigenvalue weighted by atomic mass is 10.1. The molecule has 0 saturated carbocycles. The number of nitrogens with zero attached hydrogens (tertiary/aromatic N) is 1. The summed E-state index contributed by atoms with van der Waals surface area (Å²) in [6.45, 7) is 0.254. The number of amides is 1. The maximum absolute atomic E-state index is 13.4.